The molecular weight excluding hydrogens is 208 g/mol. The molecule has 0 aromatic carbocycles. The van der Waals surface area contributed by atoms with Gasteiger partial charge in [-0.3, -0.25) is 14.9 Å². The third kappa shape index (κ3) is 1.85. The lowest BCUT2D eigenvalue weighted by molar-refractivity contribution is -0.136. The molecule has 0 saturated carbocycles. The molecule has 82 valence electrons. The van der Waals surface area contributed by atoms with Crippen molar-refractivity contribution in [1.82, 2.24) is 15.2 Å². The molecule has 0 atom stereocenters. The normalized spacial score (nSPS) is 10.2. The maximum absolute atomic E-state index is 10.7. The first kappa shape index (κ1) is 10.2. The fourth-order valence-electron chi connectivity index (χ4n) is 1.47. The molecule has 0 amide bonds. The van der Waals surface area contributed by atoms with Crippen LogP contribution in [0.3, 0.4) is 0 Å². The Hall–Kier alpha value is -2.37. The van der Waals surface area contributed by atoms with Crippen molar-refractivity contribution in [3.63, 3.8) is 0 Å². The van der Waals surface area contributed by atoms with Gasteiger partial charge in [0.25, 0.3) is 0 Å². The van der Waals surface area contributed by atoms with E-state index in [1.807, 2.05) is 0 Å². The first-order valence-corrected chi connectivity index (χ1v) is 4.63. The minimum Gasteiger partial charge on any atom is -0.481 e. The molecule has 0 fully saturated rings. The number of anilines is 1. The van der Waals surface area contributed by atoms with Crippen molar-refractivity contribution in [2.45, 2.75) is 6.42 Å². The Morgan fingerprint density at radius 1 is 1.44 bits per heavy atom. The number of nitrogens with one attached hydrogen (secondary N) is 1. The summed E-state index contributed by atoms with van der Waals surface area (Å²) < 4.78 is 0. The van der Waals surface area contributed by atoms with Gasteiger partial charge in [0.15, 0.2) is 0 Å². The molecule has 4 N–H and O–H groups in total. The first-order valence-electron chi connectivity index (χ1n) is 4.63. The highest BCUT2D eigenvalue weighted by Gasteiger charge is 2.15. The van der Waals surface area contributed by atoms with Crippen LogP contribution in [0, 0.1) is 0 Å². The number of carbonyl (C=O) groups is 1. The lowest BCUT2D eigenvalue weighted by Gasteiger charge is -2.00. The molecule has 6 heteroatoms. The van der Waals surface area contributed by atoms with Crippen molar-refractivity contribution in [3.8, 4) is 11.3 Å². The number of nitrogens with zero attached hydrogens (tertiary/aromatic N) is 2. The van der Waals surface area contributed by atoms with Crippen molar-refractivity contribution < 1.29 is 9.90 Å². The number of pyridine rings is 1. The molecule has 2 aromatic rings. The van der Waals surface area contributed by atoms with E-state index in [2.05, 4.69) is 15.2 Å². The summed E-state index contributed by atoms with van der Waals surface area (Å²) in [4.78, 5) is 14.6. The number of carboxylic acids is 1. The molecule has 0 saturated heterocycles. The Labute approximate surface area is 91.1 Å². The largest absolute Gasteiger partial charge is 0.481 e. The summed E-state index contributed by atoms with van der Waals surface area (Å²) in [6.07, 6.45) is 3.09. The van der Waals surface area contributed by atoms with Crippen molar-refractivity contribution in [2.24, 2.45) is 0 Å². The lowest BCUT2D eigenvalue weighted by Crippen LogP contribution is -2.03. The Morgan fingerprint density at radius 2 is 2.12 bits per heavy atom. The van der Waals surface area contributed by atoms with Gasteiger partial charge in [0.1, 0.15) is 5.82 Å². The molecule has 0 aliphatic carbocycles. The monoisotopic (exact) mass is 218 g/mol. The molecule has 2 heterocycles. The number of hydrogen-bond donors (Lipinski definition) is 3. The van der Waals surface area contributed by atoms with Crippen LogP contribution in [0.15, 0.2) is 24.5 Å². The van der Waals surface area contributed by atoms with E-state index < -0.39 is 5.97 Å². The molecule has 2 aromatic heterocycles. The molecule has 6 nitrogen and oxygen atoms in total. The zero-order chi connectivity index (χ0) is 11.5. The average Bonchev–Trinajstić information content (AvgIpc) is 2.61. The van der Waals surface area contributed by atoms with Crippen molar-refractivity contribution in [1.29, 1.82) is 0 Å². The van der Waals surface area contributed by atoms with E-state index >= 15 is 0 Å². The minimum atomic E-state index is -0.941. The highest BCUT2D eigenvalue weighted by Crippen LogP contribution is 2.24. The van der Waals surface area contributed by atoms with E-state index in [0.29, 0.717) is 11.3 Å². The van der Waals surface area contributed by atoms with E-state index in [1.54, 1.807) is 24.5 Å². The van der Waals surface area contributed by atoms with Gasteiger partial charge in [-0.2, -0.15) is 5.10 Å². The molecule has 2 rings (SSSR count). The number of aliphatic carboxylic acids is 1. The van der Waals surface area contributed by atoms with Crippen LogP contribution in [0.2, 0.25) is 0 Å². The van der Waals surface area contributed by atoms with Crippen molar-refractivity contribution >= 4 is 11.8 Å². The summed E-state index contributed by atoms with van der Waals surface area (Å²) in [7, 11) is 0. The van der Waals surface area contributed by atoms with Crippen LogP contribution in [0.1, 0.15) is 5.56 Å². The number of carboxylic acid groups (broad SMARTS) is 1. The fraction of sp³-hybridized carbons (Fsp3) is 0.100. The Morgan fingerprint density at radius 3 is 2.75 bits per heavy atom. The minimum absolute atomic E-state index is 0.153. The smallest absolute Gasteiger partial charge is 0.308 e. The molecular formula is C10H10N4O2. The quantitative estimate of drug-likeness (QED) is 0.702. The predicted octanol–water partition coefficient (Wildman–Crippen LogP) is 0.681. The second-order valence-electron chi connectivity index (χ2n) is 3.27. The molecule has 0 bridgehead atoms. The molecule has 0 aliphatic rings. The van der Waals surface area contributed by atoms with Crippen LogP contribution in [0.4, 0.5) is 5.82 Å². The zero-order valence-corrected chi connectivity index (χ0v) is 8.34. The van der Waals surface area contributed by atoms with E-state index in [4.69, 9.17) is 10.8 Å². The number of aromatic nitrogens is 3. The van der Waals surface area contributed by atoms with Crippen molar-refractivity contribution in [3.05, 3.63) is 30.1 Å². The topological polar surface area (TPSA) is 105 Å². The Balaban J connectivity index is 2.46. The molecule has 16 heavy (non-hydrogen) atoms. The van der Waals surface area contributed by atoms with Crippen LogP contribution >= 0.6 is 0 Å². The third-order valence-electron chi connectivity index (χ3n) is 2.20. The van der Waals surface area contributed by atoms with Gasteiger partial charge < -0.3 is 10.8 Å². The third-order valence-corrected chi connectivity index (χ3v) is 2.20. The Kier molecular flexibility index (Phi) is 2.55. The van der Waals surface area contributed by atoms with E-state index in [1.165, 1.54) is 0 Å². The average molecular weight is 218 g/mol. The summed E-state index contributed by atoms with van der Waals surface area (Å²) >= 11 is 0. The molecule has 0 radical (unpaired) electrons. The van der Waals surface area contributed by atoms with Gasteiger partial charge in [-0.15, -0.1) is 0 Å². The van der Waals surface area contributed by atoms with Gasteiger partial charge in [0.05, 0.1) is 12.1 Å². The highest BCUT2D eigenvalue weighted by molar-refractivity contribution is 5.78. The van der Waals surface area contributed by atoms with Crippen LogP contribution in [0.5, 0.6) is 0 Å². The predicted molar refractivity (Wildman–Crippen MR) is 57.6 cm³/mol. The van der Waals surface area contributed by atoms with Crippen LogP contribution in [0.25, 0.3) is 11.3 Å². The first-order chi connectivity index (χ1) is 7.68. The van der Waals surface area contributed by atoms with Gasteiger partial charge in [-0.25, -0.2) is 0 Å². The zero-order valence-electron chi connectivity index (χ0n) is 8.34. The van der Waals surface area contributed by atoms with Crippen LogP contribution in [-0.2, 0) is 11.2 Å². The summed E-state index contributed by atoms with van der Waals surface area (Å²) in [5.74, 6) is -0.724. The van der Waals surface area contributed by atoms with Gasteiger partial charge in [-0.05, 0) is 12.1 Å². The van der Waals surface area contributed by atoms with Crippen LogP contribution < -0.4 is 5.73 Å². The van der Waals surface area contributed by atoms with Gasteiger partial charge in [0, 0.05) is 23.5 Å². The number of aromatic amines is 1. The van der Waals surface area contributed by atoms with Gasteiger partial charge >= 0.3 is 5.97 Å². The number of H-pyrrole nitrogens is 1. The fourth-order valence-corrected chi connectivity index (χ4v) is 1.47. The van der Waals surface area contributed by atoms with Crippen LogP contribution in [-0.4, -0.2) is 26.3 Å². The van der Waals surface area contributed by atoms with Gasteiger partial charge in [-0.1, -0.05) is 0 Å². The summed E-state index contributed by atoms with van der Waals surface area (Å²) in [6, 6.07) is 3.52. The number of rotatable bonds is 3. The maximum atomic E-state index is 10.7. The van der Waals surface area contributed by atoms with E-state index in [-0.39, 0.29) is 12.2 Å². The summed E-state index contributed by atoms with van der Waals surface area (Å²) in [5.41, 5.74) is 7.55. The van der Waals surface area contributed by atoms with Crippen molar-refractivity contribution in [2.75, 3.05) is 5.73 Å². The molecule has 0 unspecified atom stereocenters. The SMILES string of the molecule is Nc1n[nH]c(-c2ccncc2)c1CC(=O)O. The number of hydrogen-bond acceptors (Lipinski definition) is 4. The second-order valence-corrected chi connectivity index (χ2v) is 3.27. The summed E-state index contributed by atoms with van der Waals surface area (Å²) in [5, 5.41) is 15.3. The number of nitrogen functional groups attached to an aromatic ring is 1. The Bertz CT molecular complexity index is 507. The van der Waals surface area contributed by atoms with E-state index in [0.717, 1.165) is 5.56 Å². The number of nitrogens with two attached hydrogens (primary N) is 1. The second kappa shape index (κ2) is 4.01. The van der Waals surface area contributed by atoms with Gasteiger partial charge in [0.2, 0.25) is 0 Å². The standard InChI is InChI=1S/C10H10N4O2/c11-10-7(5-8(15)16)9(13-14-10)6-1-3-12-4-2-6/h1-4H,5H2,(H,15,16)(H3,11,13,14). The lowest BCUT2D eigenvalue weighted by atomic mass is 10.1. The summed E-state index contributed by atoms with van der Waals surface area (Å²) in [6.45, 7) is 0. The molecule has 0 spiro atoms. The highest BCUT2D eigenvalue weighted by atomic mass is 16.4. The molecule has 0 aliphatic heterocycles. The van der Waals surface area contributed by atoms with E-state index in [9.17, 15) is 4.79 Å². The maximum Gasteiger partial charge on any atom is 0.308 e.